The number of fused-ring (bicyclic) bond motifs is 5. The van der Waals surface area contributed by atoms with E-state index in [2.05, 4.69) is 15.2 Å². The molecule has 168 valence electrons. The molecule has 2 bridgehead atoms. The van der Waals surface area contributed by atoms with Gasteiger partial charge in [-0.05, 0) is 12.8 Å². The van der Waals surface area contributed by atoms with Gasteiger partial charge >= 0.3 is 0 Å². The summed E-state index contributed by atoms with van der Waals surface area (Å²) in [6.45, 7) is 12.5. The highest BCUT2D eigenvalue weighted by Crippen LogP contribution is 2.44. The van der Waals surface area contributed by atoms with Gasteiger partial charge in [-0.15, -0.1) is 0 Å². The van der Waals surface area contributed by atoms with E-state index in [9.17, 15) is 5.11 Å². The van der Waals surface area contributed by atoms with E-state index in [0.29, 0.717) is 34.6 Å². The van der Waals surface area contributed by atoms with Crippen LogP contribution in [0.1, 0.15) is 65.9 Å². The summed E-state index contributed by atoms with van der Waals surface area (Å²) >= 11 is 0. The van der Waals surface area contributed by atoms with Crippen molar-refractivity contribution in [2.45, 2.75) is 89.4 Å². The van der Waals surface area contributed by atoms with E-state index in [1.165, 1.54) is 0 Å². The number of aliphatic hydroxyl groups is 1. The minimum atomic E-state index is -0.528. The lowest BCUT2D eigenvalue weighted by Gasteiger charge is -2.43. The van der Waals surface area contributed by atoms with Gasteiger partial charge in [0.25, 0.3) is 0 Å². The van der Waals surface area contributed by atoms with Crippen LogP contribution in [-0.2, 0) is 10.8 Å². The number of aliphatic hydroxyl groups excluding tert-OH is 1. The fourth-order valence-electron chi connectivity index (χ4n) is 5.13. The second-order valence-corrected chi connectivity index (χ2v) is 11.2. The molecule has 4 atom stereocenters. The van der Waals surface area contributed by atoms with Crippen LogP contribution in [0.15, 0.2) is 0 Å². The molecule has 7 nitrogen and oxygen atoms in total. The Morgan fingerprint density at radius 2 is 1.84 bits per heavy atom. The van der Waals surface area contributed by atoms with E-state index in [0.717, 1.165) is 19.4 Å². The predicted molar refractivity (Wildman–Crippen MR) is 117 cm³/mol. The van der Waals surface area contributed by atoms with Crippen molar-refractivity contribution < 1.29 is 14.2 Å². The molecule has 5 rings (SSSR count). The van der Waals surface area contributed by atoms with Gasteiger partial charge in [0.15, 0.2) is 5.82 Å². The molecule has 2 aromatic rings. The molecule has 3 aliphatic rings. The molecule has 1 unspecified atom stereocenters. The van der Waals surface area contributed by atoms with Crippen LogP contribution >= 0.6 is 0 Å². The van der Waals surface area contributed by atoms with Crippen LogP contribution in [0.3, 0.4) is 0 Å². The van der Waals surface area contributed by atoms with Crippen LogP contribution < -0.4 is 15.0 Å². The zero-order valence-electron chi connectivity index (χ0n) is 19.2. The Balaban J connectivity index is 1.85. The molecular formula is C23H32FN5O2. The van der Waals surface area contributed by atoms with Crippen molar-refractivity contribution in [3.63, 3.8) is 0 Å². The van der Waals surface area contributed by atoms with E-state index in [-0.39, 0.29) is 29.6 Å². The third-order valence-electron chi connectivity index (χ3n) is 6.68. The summed E-state index contributed by atoms with van der Waals surface area (Å²) in [5, 5.41) is 14.4. The second kappa shape index (κ2) is 6.72. The van der Waals surface area contributed by atoms with E-state index < -0.39 is 17.3 Å². The summed E-state index contributed by atoms with van der Waals surface area (Å²) in [5.74, 6) is 1.18. The third-order valence-corrected chi connectivity index (χ3v) is 6.68. The minimum Gasteiger partial charge on any atom is -0.469 e. The van der Waals surface area contributed by atoms with Gasteiger partial charge in [-0.25, -0.2) is 19.3 Å². The van der Waals surface area contributed by atoms with Crippen molar-refractivity contribution in [2.75, 3.05) is 18.1 Å². The lowest BCUT2D eigenvalue weighted by molar-refractivity contribution is 0.0755. The van der Waals surface area contributed by atoms with Crippen LogP contribution in [0.25, 0.3) is 10.9 Å². The van der Waals surface area contributed by atoms with E-state index in [1.807, 2.05) is 41.5 Å². The number of ether oxygens (including phenoxy) is 1. The number of aromatic nitrogens is 3. The van der Waals surface area contributed by atoms with Crippen molar-refractivity contribution in [3.05, 3.63) is 17.3 Å². The van der Waals surface area contributed by atoms with Crippen LogP contribution in [0.5, 0.6) is 5.88 Å². The summed E-state index contributed by atoms with van der Waals surface area (Å²) in [5.41, 5.74) is -0.308. The van der Waals surface area contributed by atoms with Crippen LogP contribution in [0, 0.1) is 5.82 Å². The van der Waals surface area contributed by atoms with Crippen molar-refractivity contribution in [2.24, 2.45) is 0 Å². The van der Waals surface area contributed by atoms with Crippen molar-refractivity contribution in [3.8, 4) is 5.88 Å². The summed E-state index contributed by atoms with van der Waals surface area (Å²) in [7, 11) is 0. The molecule has 0 amide bonds. The Morgan fingerprint density at radius 1 is 1.10 bits per heavy atom. The van der Waals surface area contributed by atoms with Gasteiger partial charge in [0.2, 0.25) is 5.88 Å². The van der Waals surface area contributed by atoms with Gasteiger partial charge in [-0.3, -0.25) is 0 Å². The molecular weight excluding hydrogens is 397 g/mol. The lowest BCUT2D eigenvalue weighted by Crippen LogP contribution is -2.63. The predicted octanol–water partition coefficient (Wildman–Crippen LogP) is 2.82. The maximum atomic E-state index is 15.9. The average molecular weight is 430 g/mol. The third kappa shape index (κ3) is 3.18. The van der Waals surface area contributed by atoms with Crippen molar-refractivity contribution >= 4 is 16.7 Å². The molecule has 31 heavy (non-hydrogen) atoms. The molecule has 2 saturated heterocycles. The van der Waals surface area contributed by atoms with E-state index >= 15 is 4.39 Å². The summed E-state index contributed by atoms with van der Waals surface area (Å²) in [6.07, 6.45) is 1.59. The molecule has 0 saturated carbocycles. The number of hydrogen-bond acceptors (Lipinski definition) is 7. The number of nitrogens with zero attached hydrogens (tertiary/aromatic N) is 4. The minimum absolute atomic E-state index is 0.106. The van der Waals surface area contributed by atoms with Gasteiger partial charge in [0, 0.05) is 29.5 Å². The molecule has 2 N–H and O–H groups in total. The number of piperazine rings is 1. The smallest absolute Gasteiger partial charge is 0.227 e. The highest BCUT2D eigenvalue weighted by atomic mass is 19.1. The Labute approximate surface area is 182 Å². The summed E-state index contributed by atoms with van der Waals surface area (Å²) < 4.78 is 22.2. The number of hydrogen-bond donors (Lipinski definition) is 2. The molecule has 5 heterocycles. The quantitative estimate of drug-likeness (QED) is 0.721. The van der Waals surface area contributed by atoms with E-state index in [1.54, 1.807) is 0 Å². The maximum absolute atomic E-state index is 15.9. The number of anilines is 1. The fraction of sp³-hybridized carbons (Fsp3) is 0.696. The lowest BCUT2D eigenvalue weighted by atomic mass is 9.90. The topological polar surface area (TPSA) is 83.4 Å². The molecule has 0 aromatic carbocycles. The molecule has 2 aromatic heterocycles. The van der Waals surface area contributed by atoms with E-state index in [4.69, 9.17) is 14.7 Å². The number of pyridine rings is 1. The van der Waals surface area contributed by atoms with Gasteiger partial charge in [0.05, 0.1) is 18.3 Å². The highest BCUT2D eigenvalue weighted by Gasteiger charge is 2.48. The largest absolute Gasteiger partial charge is 0.469 e. The molecule has 8 heteroatoms. The second-order valence-electron chi connectivity index (χ2n) is 11.2. The van der Waals surface area contributed by atoms with Gasteiger partial charge in [0.1, 0.15) is 28.6 Å². The number of halogens is 1. The average Bonchev–Trinajstić information content (AvgIpc) is 3.00. The van der Waals surface area contributed by atoms with Crippen LogP contribution in [-0.4, -0.2) is 57.4 Å². The first-order valence-electron chi connectivity index (χ1n) is 11.2. The molecule has 0 radical (unpaired) electrons. The van der Waals surface area contributed by atoms with Crippen molar-refractivity contribution in [1.82, 2.24) is 20.3 Å². The number of rotatable bonds is 1. The maximum Gasteiger partial charge on any atom is 0.227 e. The molecule has 3 aliphatic heterocycles. The zero-order valence-corrected chi connectivity index (χ0v) is 19.2. The monoisotopic (exact) mass is 429 g/mol. The first kappa shape index (κ1) is 20.8. The summed E-state index contributed by atoms with van der Waals surface area (Å²) in [6, 6.07) is 0.419. The van der Waals surface area contributed by atoms with Crippen LogP contribution in [0.2, 0.25) is 0 Å². The van der Waals surface area contributed by atoms with Gasteiger partial charge < -0.3 is 20.1 Å². The number of nitrogens with one attached hydrogen (secondary N) is 1. The van der Waals surface area contributed by atoms with Gasteiger partial charge in [-0.2, -0.15) is 0 Å². The Hall–Kier alpha value is -2.06. The zero-order chi connectivity index (χ0) is 22.3. The standard InChI is InChI=1S/C23H32FN5O2/c1-22(2,3)18-15(24)16-14-19(28-21(26-16)23(4,5)6)29-9-11-7-8-12(25-11)17(29)13(10-30)31-20(14)27-18/h11-13,17,25,30H,7-10H2,1-6H3/t11-,12+,13+,17?/m1/s1. The summed E-state index contributed by atoms with van der Waals surface area (Å²) in [4.78, 5) is 16.5. The van der Waals surface area contributed by atoms with Gasteiger partial charge in [-0.1, -0.05) is 41.5 Å². The fourth-order valence-corrected chi connectivity index (χ4v) is 5.13. The highest BCUT2D eigenvalue weighted by molar-refractivity contribution is 5.95. The Bertz CT molecular complexity index is 1050. The first-order chi connectivity index (χ1) is 14.5. The SMILES string of the molecule is CC(C)(C)c1nc2c3c(nc(C(C)(C)C)c(F)c3n1)O[C@@H](CO)C1[C@@H]3CC[C@H](CN21)N3. The molecule has 0 spiro atoms. The van der Waals surface area contributed by atoms with Crippen LogP contribution in [0.4, 0.5) is 10.2 Å². The Kier molecular flexibility index (Phi) is 4.51. The Morgan fingerprint density at radius 3 is 2.48 bits per heavy atom. The first-order valence-corrected chi connectivity index (χ1v) is 11.2. The molecule has 2 fully saturated rings. The molecule has 0 aliphatic carbocycles. The normalized spacial score (nSPS) is 27.8. The van der Waals surface area contributed by atoms with Crippen molar-refractivity contribution in [1.29, 1.82) is 0 Å².